The molecule has 0 saturated carbocycles. The molecule has 0 unspecified atom stereocenters. The van der Waals surface area contributed by atoms with Gasteiger partial charge in [-0.15, -0.1) is 0 Å². The van der Waals surface area contributed by atoms with Gasteiger partial charge in [0.15, 0.2) is 5.16 Å². The van der Waals surface area contributed by atoms with E-state index >= 15 is 0 Å². The van der Waals surface area contributed by atoms with E-state index in [-0.39, 0.29) is 29.7 Å². The van der Waals surface area contributed by atoms with Gasteiger partial charge in [0.2, 0.25) is 5.91 Å². The summed E-state index contributed by atoms with van der Waals surface area (Å²) in [5, 5.41) is 3.37. The number of benzene rings is 1. The monoisotopic (exact) mass is 387 g/mol. The van der Waals surface area contributed by atoms with Crippen molar-refractivity contribution in [2.24, 2.45) is 0 Å². The average Bonchev–Trinajstić information content (AvgIpc) is 2.66. The molecule has 27 heavy (non-hydrogen) atoms. The number of carbonyl (C=O) groups is 2. The van der Waals surface area contributed by atoms with E-state index in [9.17, 15) is 14.4 Å². The molecule has 2 aromatic rings. The number of ether oxygens (including phenoxy) is 1. The molecule has 3 rings (SSSR count). The molecule has 1 atom stereocenters. The molecule has 1 aromatic heterocycles. The number of nitrogens with zero attached hydrogens (tertiary/aromatic N) is 1. The van der Waals surface area contributed by atoms with E-state index < -0.39 is 5.97 Å². The smallest absolute Gasteiger partial charge is 0.311 e. The first-order valence-corrected chi connectivity index (χ1v) is 9.70. The molecule has 8 heteroatoms. The topological polar surface area (TPSA) is 101 Å². The average molecular weight is 387 g/mol. The van der Waals surface area contributed by atoms with Crippen LogP contribution in [0.15, 0.2) is 40.3 Å². The van der Waals surface area contributed by atoms with Crippen molar-refractivity contribution in [3.05, 3.63) is 57.5 Å². The number of fused-ring (bicyclic) bond motifs is 1. The minimum absolute atomic E-state index is 0.0146. The summed E-state index contributed by atoms with van der Waals surface area (Å²) in [4.78, 5) is 42.2. The van der Waals surface area contributed by atoms with Gasteiger partial charge in [0.1, 0.15) is 0 Å². The van der Waals surface area contributed by atoms with E-state index in [2.05, 4.69) is 32.2 Å². The van der Waals surface area contributed by atoms with Crippen LogP contribution in [0.3, 0.4) is 0 Å². The van der Waals surface area contributed by atoms with Crippen LogP contribution in [-0.4, -0.2) is 34.7 Å². The SMILES string of the molecule is COC(=O)Cc1cc(=O)[nH]c(SCC(=O)N[C@H]2CCCc3ccccc32)n1. The second-order valence-electron chi connectivity index (χ2n) is 6.29. The summed E-state index contributed by atoms with van der Waals surface area (Å²) in [6.07, 6.45) is 2.91. The van der Waals surface area contributed by atoms with E-state index in [4.69, 9.17) is 0 Å². The Morgan fingerprint density at radius 2 is 2.19 bits per heavy atom. The number of rotatable bonds is 6. The Balaban J connectivity index is 1.60. The van der Waals surface area contributed by atoms with Gasteiger partial charge < -0.3 is 15.0 Å². The number of hydrogen-bond donors (Lipinski definition) is 2. The fourth-order valence-corrected chi connectivity index (χ4v) is 3.84. The molecular formula is C19H21N3O4S. The number of carbonyl (C=O) groups excluding carboxylic acids is 2. The number of methoxy groups -OCH3 is 1. The molecule has 0 fully saturated rings. The standard InChI is InChI=1S/C19H21N3O4S/c1-26-18(25)10-13-9-16(23)22-19(20-13)27-11-17(24)21-15-8-4-6-12-5-2-3-7-14(12)15/h2-3,5,7,9,15H,4,6,8,10-11H2,1H3,(H,21,24)(H,20,22,23)/t15-/m0/s1. The molecule has 142 valence electrons. The van der Waals surface area contributed by atoms with Crippen molar-refractivity contribution in [2.75, 3.05) is 12.9 Å². The largest absolute Gasteiger partial charge is 0.469 e. The fraction of sp³-hybridized carbons (Fsp3) is 0.368. The van der Waals surface area contributed by atoms with Crippen LogP contribution < -0.4 is 10.9 Å². The summed E-state index contributed by atoms with van der Waals surface area (Å²) in [6.45, 7) is 0. The zero-order valence-corrected chi connectivity index (χ0v) is 15.8. The van der Waals surface area contributed by atoms with Gasteiger partial charge in [-0.1, -0.05) is 36.0 Å². The van der Waals surface area contributed by atoms with Gasteiger partial charge in [0.05, 0.1) is 31.0 Å². The van der Waals surface area contributed by atoms with Gasteiger partial charge in [-0.2, -0.15) is 0 Å². The van der Waals surface area contributed by atoms with Crippen LogP contribution in [0.2, 0.25) is 0 Å². The van der Waals surface area contributed by atoms with E-state index in [0.29, 0.717) is 10.9 Å². The summed E-state index contributed by atoms with van der Waals surface area (Å²) in [5.41, 5.74) is 2.40. The first kappa shape index (κ1) is 19.2. The third-order valence-electron chi connectivity index (χ3n) is 4.37. The normalized spacial score (nSPS) is 15.7. The number of aromatic nitrogens is 2. The maximum absolute atomic E-state index is 12.4. The molecule has 0 radical (unpaired) electrons. The van der Waals surface area contributed by atoms with Gasteiger partial charge >= 0.3 is 5.97 Å². The lowest BCUT2D eigenvalue weighted by Gasteiger charge is -2.26. The number of aryl methyl sites for hydroxylation is 1. The molecule has 2 N–H and O–H groups in total. The molecule has 0 saturated heterocycles. The Kier molecular flexibility index (Phi) is 6.28. The maximum atomic E-state index is 12.4. The molecule has 1 amide bonds. The Morgan fingerprint density at radius 3 is 3.00 bits per heavy atom. The molecular weight excluding hydrogens is 366 g/mol. The highest BCUT2D eigenvalue weighted by atomic mass is 32.2. The Labute approximate surface area is 160 Å². The van der Waals surface area contributed by atoms with E-state index in [1.807, 2.05) is 12.1 Å². The summed E-state index contributed by atoms with van der Waals surface area (Å²) >= 11 is 1.13. The Morgan fingerprint density at radius 1 is 1.37 bits per heavy atom. The summed E-state index contributed by atoms with van der Waals surface area (Å²) < 4.78 is 4.58. The van der Waals surface area contributed by atoms with Crippen LogP contribution in [0.5, 0.6) is 0 Å². The van der Waals surface area contributed by atoms with Gasteiger partial charge in [-0.05, 0) is 30.4 Å². The van der Waals surface area contributed by atoms with Crippen LogP contribution in [0, 0.1) is 0 Å². The molecule has 1 aliphatic rings. The lowest BCUT2D eigenvalue weighted by atomic mass is 9.88. The number of aromatic amines is 1. The van der Waals surface area contributed by atoms with E-state index in [0.717, 1.165) is 31.0 Å². The van der Waals surface area contributed by atoms with Crippen molar-refractivity contribution in [3.8, 4) is 0 Å². The zero-order valence-electron chi connectivity index (χ0n) is 15.0. The molecule has 0 spiro atoms. The predicted molar refractivity (Wildman–Crippen MR) is 102 cm³/mol. The molecule has 7 nitrogen and oxygen atoms in total. The van der Waals surface area contributed by atoms with Crippen molar-refractivity contribution in [1.82, 2.24) is 15.3 Å². The molecule has 1 aromatic carbocycles. The van der Waals surface area contributed by atoms with Gasteiger partial charge in [0.25, 0.3) is 5.56 Å². The van der Waals surface area contributed by atoms with Crippen molar-refractivity contribution in [1.29, 1.82) is 0 Å². The third kappa shape index (κ3) is 5.19. The summed E-state index contributed by atoms with van der Waals surface area (Å²) in [5.74, 6) is -0.469. The lowest BCUT2D eigenvalue weighted by molar-refractivity contribution is -0.139. The first-order valence-electron chi connectivity index (χ1n) is 8.72. The highest BCUT2D eigenvalue weighted by Crippen LogP contribution is 2.29. The highest BCUT2D eigenvalue weighted by Gasteiger charge is 2.21. The molecule has 1 heterocycles. The number of thioether (sulfide) groups is 1. The third-order valence-corrected chi connectivity index (χ3v) is 5.24. The number of hydrogen-bond acceptors (Lipinski definition) is 6. The first-order chi connectivity index (χ1) is 13.0. The van der Waals surface area contributed by atoms with Crippen LogP contribution in [-0.2, 0) is 27.2 Å². The van der Waals surface area contributed by atoms with Gasteiger partial charge in [0, 0.05) is 6.07 Å². The Bertz CT molecular complexity index is 897. The maximum Gasteiger partial charge on any atom is 0.311 e. The number of esters is 1. The number of amides is 1. The van der Waals surface area contributed by atoms with Crippen molar-refractivity contribution >= 4 is 23.6 Å². The molecule has 1 aliphatic carbocycles. The van der Waals surface area contributed by atoms with E-state index in [1.165, 1.54) is 24.3 Å². The highest BCUT2D eigenvalue weighted by molar-refractivity contribution is 7.99. The van der Waals surface area contributed by atoms with Crippen molar-refractivity contribution in [3.63, 3.8) is 0 Å². The zero-order chi connectivity index (χ0) is 19.2. The van der Waals surface area contributed by atoms with Crippen molar-refractivity contribution < 1.29 is 14.3 Å². The second-order valence-corrected chi connectivity index (χ2v) is 7.26. The van der Waals surface area contributed by atoms with Gasteiger partial charge in [-0.3, -0.25) is 14.4 Å². The van der Waals surface area contributed by atoms with Crippen molar-refractivity contribution in [2.45, 2.75) is 36.9 Å². The number of H-pyrrole nitrogens is 1. The minimum Gasteiger partial charge on any atom is -0.469 e. The second kappa shape index (κ2) is 8.85. The summed E-state index contributed by atoms with van der Waals surface area (Å²) in [6, 6.07) is 9.42. The number of nitrogens with one attached hydrogen (secondary N) is 2. The Hall–Kier alpha value is -2.61. The van der Waals surface area contributed by atoms with Crippen LogP contribution in [0.4, 0.5) is 0 Å². The van der Waals surface area contributed by atoms with Crippen LogP contribution in [0.1, 0.15) is 35.7 Å². The molecule has 0 aliphatic heterocycles. The lowest BCUT2D eigenvalue weighted by Crippen LogP contribution is -2.32. The van der Waals surface area contributed by atoms with Gasteiger partial charge in [-0.25, -0.2) is 4.98 Å². The summed E-state index contributed by atoms with van der Waals surface area (Å²) in [7, 11) is 1.28. The van der Waals surface area contributed by atoms with E-state index in [1.54, 1.807) is 0 Å². The fourth-order valence-electron chi connectivity index (χ4n) is 3.14. The predicted octanol–water partition coefficient (Wildman–Crippen LogP) is 1.77. The molecule has 0 bridgehead atoms. The quantitative estimate of drug-likeness (QED) is 0.445. The minimum atomic E-state index is -0.474. The van der Waals surface area contributed by atoms with Crippen LogP contribution >= 0.6 is 11.8 Å². The van der Waals surface area contributed by atoms with Crippen LogP contribution in [0.25, 0.3) is 0 Å².